The first-order valence-electron chi connectivity index (χ1n) is 14.6. The Kier molecular flexibility index (Phi) is 7.82. The number of esters is 2. The van der Waals surface area contributed by atoms with Gasteiger partial charge in [-0.2, -0.15) is 0 Å². The number of hydrogen-bond acceptors (Lipinski definition) is 6. The van der Waals surface area contributed by atoms with Crippen LogP contribution in [0.5, 0.6) is 0 Å². The second-order valence-corrected chi connectivity index (χ2v) is 11.1. The van der Waals surface area contributed by atoms with Gasteiger partial charge in [-0.15, -0.1) is 0 Å². The van der Waals surface area contributed by atoms with Gasteiger partial charge in [-0.3, -0.25) is 14.4 Å². The molecule has 0 aromatic heterocycles. The van der Waals surface area contributed by atoms with E-state index in [9.17, 15) is 19.5 Å². The van der Waals surface area contributed by atoms with E-state index in [1.54, 1.807) is 0 Å². The van der Waals surface area contributed by atoms with Crippen LogP contribution < -0.4 is 5.73 Å². The smallest absolute Gasteiger partial charge is 0.335 e. The lowest BCUT2D eigenvalue weighted by Crippen LogP contribution is -2.48. The molecule has 0 aliphatic heterocycles. The highest BCUT2D eigenvalue weighted by atomic mass is 16.6. The summed E-state index contributed by atoms with van der Waals surface area (Å²) in [4.78, 5) is 40.2. The zero-order chi connectivity index (χ0) is 30.0. The Morgan fingerprint density at radius 2 is 1.35 bits per heavy atom. The summed E-state index contributed by atoms with van der Waals surface area (Å²) >= 11 is 0. The molecule has 0 saturated carbocycles. The third kappa shape index (κ3) is 5.00. The molecule has 1 unspecified atom stereocenters. The Morgan fingerprint density at radius 1 is 0.744 bits per heavy atom. The summed E-state index contributed by atoms with van der Waals surface area (Å²) < 4.78 is 11.4. The Bertz CT molecular complexity index is 1670. The maximum absolute atomic E-state index is 13.7. The number of benzene rings is 4. The van der Waals surface area contributed by atoms with Crippen molar-refractivity contribution in [3.63, 3.8) is 0 Å². The van der Waals surface area contributed by atoms with Crippen molar-refractivity contribution in [1.29, 1.82) is 0 Å². The lowest BCUT2D eigenvalue weighted by molar-refractivity contribution is -0.183. The molecule has 2 aliphatic rings. The minimum Gasteiger partial charge on any atom is -0.480 e. The van der Waals surface area contributed by atoms with Gasteiger partial charge in [0.15, 0.2) is 0 Å². The van der Waals surface area contributed by atoms with Crippen molar-refractivity contribution in [3.8, 4) is 22.3 Å². The molecule has 7 heteroatoms. The van der Waals surface area contributed by atoms with Crippen LogP contribution in [0.3, 0.4) is 0 Å². The van der Waals surface area contributed by atoms with E-state index in [1.807, 2.05) is 78.9 Å². The van der Waals surface area contributed by atoms with Crippen molar-refractivity contribution in [2.75, 3.05) is 13.2 Å². The van der Waals surface area contributed by atoms with Crippen molar-refractivity contribution in [1.82, 2.24) is 0 Å². The van der Waals surface area contributed by atoms with Crippen molar-refractivity contribution in [3.05, 3.63) is 119 Å². The van der Waals surface area contributed by atoms with Gasteiger partial charge in [0.05, 0.1) is 0 Å². The molecule has 0 saturated heterocycles. The first-order valence-corrected chi connectivity index (χ1v) is 14.6. The monoisotopic (exact) mass is 575 g/mol. The zero-order valence-electron chi connectivity index (χ0n) is 23.8. The molecular formula is C36H33NO6. The van der Waals surface area contributed by atoms with E-state index in [0.717, 1.165) is 44.5 Å². The fourth-order valence-corrected chi connectivity index (χ4v) is 6.45. The average Bonchev–Trinajstić information content (AvgIpc) is 3.57. The number of rotatable bonds is 11. The van der Waals surface area contributed by atoms with Crippen LogP contribution in [-0.4, -0.2) is 36.2 Å². The number of carbonyl (C=O) groups is 3. The fourth-order valence-electron chi connectivity index (χ4n) is 6.45. The van der Waals surface area contributed by atoms with Crippen LogP contribution in [0.2, 0.25) is 0 Å². The minimum atomic E-state index is -2.51. The van der Waals surface area contributed by atoms with Gasteiger partial charge < -0.3 is 20.3 Å². The van der Waals surface area contributed by atoms with Crippen molar-refractivity contribution in [2.45, 2.75) is 38.2 Å². The lowest BCUT2D eigenvalue weighted by Gasteiger charge is -2.26. The molecule has 43 heavy (non-hydrogen) atoms. The summed E-state index contributed by atoms with van der Waals surface area (Å²) in [7, 11) is 0. The van der Waals surface area contributed by atoms with E-state index in [4.69, 9.17) is 15.2 Å². The number of nitrogens with two attached hydrogens (primary N) is 1. The zero-order valence-corrected chi connectivity index (χ0v) is 23.8. The minimum absolute atomic E-state index is 0.101. The first kappa shape index (κ1) is 28.4. The number of unbranched alkanes of at least 4 members (excludes halogenated alkanes) is 1. The standard InChI is InChI=1S/C36H33NO6/c37-19-8-7-18-36(33(38)39,34(40)42-21-24-11-9-17-26-25-12-2-1-10-23(25)20-31(24)26)35(41)43-22-32-29-15-5-3-13-27(29)28-14-4-6-16-30(28)32/h1-6,9-17,32H,7-8,18-22,37H2,(H,38,39). The molecular weight excluding hydrogens is 542 g/mol. The highest BCUT2D eigenvalue weighted by molar-refractivity contribution is 6.17. The highest BCUT2D eigenvalue weighted by Gasteiger charge is 2.56. The molecule has 4 aromatic rings. The van der Waals surface area contributed by atoms with Crippen LogP contribution in [-0.2, 0) is 36.9 Å². The molecule has 218 valence electrons. The van der Waals surface area contributed by atoms with Crippen molar-refractivity contribution < 1.29 is 29.0 Å². The molecule has 3 N–H and O–H groups in total. The van der Waals surface area contributed by atoms with Gasteiger partial charge in [0, 0.05) is 5.92 Å². The summed E-state index contributed by atoms with van der Waals surface area (Å²) in [6, 6.07) is 29.6. The molecule has 0 bridgehead atoms. The Morgan fingerprint density at radius 3 is 2.02 bits per heavy atom. The highest BCUT2D eigenvalue weighted by Crippen LogP contribution is 2.45. The van der Waals surface area contributed by atoms with Gasteiger partial charge >= 0.3 is 17.9 Å². The van der Waals surface area contributed by atoms with Crippen LogP contribution in [0.15, 0.2) is 91.0 Å². The quantitative estimate of drug-likeness (QED) is 0.115. The van der Waals surface area contributed by atoms with E-state index >= 15 is 0 Å². The molecule has 0 fully saturated rings. The average molecular weight is 576 g/mol. The van der Waals surface area contributed by atoms with Crippen LogP contribution in [0.4, 0.5) is 0 Å². The predicted molar refractivity (Wildman–Crippen MR) is 162 cm³/mol. The maximum atomic E-state index is 13.7. The summed E-state index contributed by atoms with van der Waals surface area (Å²) in [5.41, 5.74) is 12.4. The Balaban J connectivity index is 1.24. The molecule has 6 rings (SSSR count). The second-order valence-electron chi connectivity index (χ2n) is 11.1. The normalized spacial score (nSPS) is 14.2. The number of carboxylic acids is 1. The third-order valence-corrected chi connectivity index (χ3v) is 8.72. The van der Waals surface area contributed by atoms with Crippen LogP contribution in [0.1, 0.15) is 53.0 Å². The summed E-state index contributed by atoms with van der Waals surface area (Å²) in [5, 5.41) is 10.4. The van der Waals surface area contributed by atoms with E-state index < -0.39 is 23.3 Å². The number of fused-ring (bicyclic) bond motifs is 6. The molecule has 0 spiro atoms. The topological polar surface area (TPSA) is 116 Å². The third-order valence-electron chi connectivity index (χ3n) is 8.72. The Hall–Kier alpha value is -4.75. The number of hydrogen-bond donors (Lipinski definition) is 2. The van der Waals surface area contributed by atoms with E-state index in [-0.39, 0.29) is 32.0 Å². The van der Waals surface area contributed by atoms with Gasteiger partial charge in [0.25, 0.3) is 5.41 Å². The van der Waals surface area contributed by atoms with Gasteiger partial charge in [0.1, 0.15) is 13.2 Å². The number of carboxylic acid groups (broad SMARTS) is 1. The fraction of sp³-hybridized carbons (Fsp3) is 0.250. The molecule has 0 heterocycles. The van der Waals surface area contributed by atoms with Gasteiger partial charge in [-0.05, 0) is 82.3 Å². The number of ether oxygens (including phenoxy) is 2. The molecule has 0 radical (unpaired) electrons. The molecule has 2 aliphatic carbocycles. The SMILES string of the molecule is NCCCCC(C(=O)O)(C(=O)OCc1cccc2c1Cc1ccccc1-2)C(=O)OCC1c2ccccc2-c2ccccc21. The molecule has 1 atom stereocenters. The van der Waals surface area contributed by atoms with Gasteiger partial charge in [-0.25, -0.2) is 0 Å². The summed E-state index contributed by atoms with van der Waals surface area (Å²) in [6.45, 7) is 0.0429. The number of carbonyl (C=O) groups excluding carboxylic acids is 2. The largest absolute Gasteiger partial charge is 0.480 e. The van der Waals surface area contributed by atoms with Crippen LogP contribution in [0.25, 0.3) is 22.3 Å². The maximum Gasteiger partial charge on any atom is 0.335 e. The first-order chi connectivity index (χ1) is 21.0. The van der Waals surface area contributed by atoms with E-state index in [2.05, 4.69) is 12.1 Å². The van der Waals surface area contributed by atoms with Crippen LogP contribution >= 0.6 is 0 Å². The van der Waals surface area contributed by atoms with Crippen molar-refractivity contribution >= 4 is 17.9 Å². The summed E-state index contributed by atoms with van der Waals surface area (Å²) in [5.74, 6) is -4.11. The lowest BCUT2D eigenvalue weighted by atomic mass is 9.82. The van der Waals surface area contributed by atoms with Gasteiger partial charge in [0.2, 0.25) is 0 Å². The Labute approximate surface area is 250 Å². The number of aliphatic carboxylic acids is 1. The summed E-state index contributed by atoms with van der Waals surface area (Å²) in [6.07, 6.45) is 1.11. The molecule has 4 aromatic carbocycles. The van der Waals surface area contributed by atoms with Crippen LogP contribution in [0, 0.1) is 5.41 Å². The van der Waals surface area contributed by atoms with E-state index in [1.165, 1.54) is 5.56 Å². The molecule has 7 nitrogen and oxygen atoms in total. The van der Waals surface area contributed by atoms with E-state index in [0.29, 0.717) is 19.4 Å². The molecule has 0 amide bonds. The second kappa shape index (κ2) is 11.9. The van der Waals surface area contributed by atoms with Gasteiger partial charge in [-0.1, -0.05) is 91.0 Å². The van der Waals surface area contributed by atoms with Crippen molar-refractivity contribution in [2.24, 2.45) is 11.1 Å². The predicted octanol–water partition coefficient (Wildman–Crippen LogP) is 5.86.